The molecule has 0 aliphatic rings. The first-order valence-electron chi connectivity index (χ1n) is 6.30. The van der Waals surface area contributed by atoms with Crippen LogP contribution in [0, 0.1) is 18.3 Å². The Kier molecular flexibility index (Phi) is 3.06. The largest absolute Gasteiger partial charge is 0.438 e. The molecule has 2 aromatic carbocycles. The van der Waals surface area contributed by atoms with Gasteiger partial charge in [0, 0.05) is 17.6 Å². The zero-order chi connectivity index (χ0) is 13.9. The molecule has 0 amide bonds. The van der Waals surface area contributed by atoms with Crippen molar-refractivity contribution in [1.29, 1.82) is 5.26 Å². The highest BCUT2D eigenvalue weighted by molar-refractivity contribution is 5.90. The van der Waals surface area contributed by atoms with E-state index in [0.29, 0.717) is 11.4 Å². The molecular weight excluding hydrogens is 248 g/mol. The number of fused-ring (bicyclic) bond motifs is 1. The molecular formula is C17H12N2O. The summed E-state index contributed by atoms with van der Waals surface area (Å²) in [5, 5.41) is 11.0. The Balaban J connectivity index is 2.02. The first kappa shape index (κ1) is 12.2. The van der Waals surface area contributed by atoms with Crippen LogP contribution < -0.4 is 4.74 Å². The molecule has 96 valence electrons. The predicted molar refractivity (Wildman–Crippen MR) is 77.7 cm³/mol. The number of nitrogens with zero attached hydrogens (tertiary/aromatic N) is 2. The summed E-state index contributed by atoms with van der Waals surface area (Å²) in [4.78, 5) is 4.13. The van der Waals surface area contributed by atoms with Gasteiger partial charge >= 0.3 is 0 Å². The molecule has 0 aliphatic carbocycles. The Hall–Kier alpha value is -2.86. The second-order valence-electron chi connectivity index (χ2n) is 4.53. The first-order chi connectivity index (χ1) is 9.78. The Morgan fingerprint density at radius 2 is 1.80 bits per heavy atom. The van der Waals surface area contributed by atoms with Crippen LogP contribution in [-0.2, 0) is 0 Å². The van der Waals surface area contributed by atoms with Gasteiger partial charge in [0.25, 0.3) is 0 Å². The highest BCUT2D eigenvalue weighted by atomic mass is 16.5. The number of aromatic nitrogens is 1. The number of benzene rings is 2. The van der Waals surface area contributed by atoms with Gasteiger partial charge in [-0.2, -0.15) is 5.26 Å². The number of hydrogen-bond donors (Lipinski definition) is 0. The summed E-state index contributed by atoms with van der Waals surface area (Å²) in [5.41, 5.74) is 1.73. The Bertz CT molecular complexity index is 801. The number of ether oxygens (including phenoxy) is 1. The molecule has 0 bridgehead atoms. The van der Waals surface area contributed by atoms with Gasteiger partial charge in [-0.25, -0.2) is 4.98 Å². The number of hydrogen-bond acceptors (Lipinski definition) is 3. The number of aryl methyl sites for hydroxylation is 1. The van der Waals surface area contributed by atoms with Gasteiger partial charge in [0.05, 0.1) is 5.56 Å². The summed E-state index contributed by atoms with van der Waals surface area (Å²) < 4.78 is 5.83. The minimum Gasteiger partial charge on any atom is -0.438 e. The van der Waals surface area contributed by atoms with Crippen LogP contribution in [0.15, 0.2) is 54.7 Å². The fraction of sp³-hybridized carbons (Fsp3) is 0.0588. The Morgan fingerprint density at radius 1 is 1.00 bits per heavy atom. The van der Waals surface area contributed by atoms with E-state index in [1.165, 1.54) is 17.1 Å². The molecule has 0 atom stereocenters. The maximum absolute atomic E-state index is 8.76. The second kappa shape index (κ2) is 5.02. The fourth-order valence-corrected chi connectivity index (χ4v) is 2.15. The van der Waals surface area contributed by atoms with Crippen LogP contribution in [0.2, 0.25) is 0 Å². The monoisotopic (exact) mass is 260 g/mol. The molecule has 0 saturated carbocycles. The van der Waals surface area contributed by atoms with E-state index in [9.17, 15) is 0 Å². The highest BCUT2D eigenvalue weighted by Gasteiger charge is 2.05. The van der Waals surface area contributed by atoms with Crippen LogP contribution in [0.1, 0.15) is 11.1 Å². The highest BCUT2D eigenvalue weighted by Crippen LogP contribution is 2.30. The van der Waals surface area contributed by atoms with E-state index in [-0.39, 0.29) is 0 Å². The second-order valence-corrected chi connectivity index (χ2v) is 4.53. The Morgan fingerprint density at radius 3 is 2.55 bits per heavy atom. The van der Waals surface area contributed by atoms with Gasteiger partial charge in [0.1, 0.15) is 11.8 Å². The standard InChI is InChI=1S/C17H12N2O/c1-12-4-2-6-15-14(12)5-3-7-16(15)20-17-9-8-13(10-18)11-19-17/h2-9,11H,1H3. The minimum atomic E-state index is 0.484. The molecule has 0 fully saturated rings. The molecule has 0 aliphatic heterocycles. The van der Waals surface area contributed by atoms with Crippen molar-refractivity contribution in [3.8, 4) is 17.7 Å². The maximum Gasteiger partial charge on any atom is 0.219 e. The average Bonchev–Trinajstić information content (AvgIpc) is 2.49. The van der Waals surface area contributed by atoms with Crippen LogP contribution in [0.5, 0.6) is 11.6 Å². The van der Waals surface area contributed by atoms with Crippen molar-refractivity contribution < 1.29 is 4.74 Å². The molecule has 3 heteroatoms. The zero-order valence-electron chi connectivity index (χ0n) is 11.0. The van der Waals surface area contributed by atoms with Crippen molar-refractivity contribution >= 4 is 10.8 Å². The lowest BCUT2D eigenvalue weighted by molar-refractivity contribution is 0.468. The van der Waals surface area contributed by atoms with Gasteiger partial charge in [0.2, 0.25) is 5.88 Å². The van der Waals surface area contributed by atoms with Crippen molar-refractivity contribution in [1.82, 2.24) is 4.98 Å². The summed E-state index contributed by atoms with van der Waals surface area (Å²) >= 11 is 0. The zero-order valence-corrected chi connectivity index (χ0v) is 11.0. The summed E-state index contributed by atoms with van der Waals surface area (Å²) in [7, 11) is 0. The van der Waals surface area contributed by atoms with Crippen LogP contribution in [0.25, 0.3) is 10.8 Å². The van der Waals surface area contributed by atoms with Crippen LogP contribution in [0.4, 0.5) is 0 Å². The van der Waals surface area contributed by atoms with E-state index >= 15 is 0 Å². The molecule has 1 heterocycles. The summed E-state index contributed by atoms with van der Waals surface area (Å²) in [5.74, 6) is 1.25. The average molecular weight is 260 g/mol. The summed E-state index contributed by atoms with van der Waals surface area (Å²) in [6, 6.07) is 17.5. The quantitative estimate of drug-likeness (QED) is 0.693. The third kappa shape index (κ3) is 2.19. The van der Waals surface area contributed by atoms with E-state index < -0.39 is 0 Å². The van der Waals surface area contributed by atoms with Crippen molar-refractivity contribution in [2.24, 2.45) is 0 Å². The maximum atomic E-state index is 8.76. The molecule has 0 N–H and O–H groups in total. The normalized spacial score (nSPS) is 10.2. The van der Waals surface area contributed by atoms with Crippen LogP contribution >= 0.6 is 0 Å². The van der Waals surface area contributed by atoms with E-state index in [4.69, 9.17) is 10.00 Å². The minimum absolute atomic E-state index is 0.484. The molecule has 0 radical (unpaired) electrons. The lowest BCUT2D eigenvalue weighted by Crippen LogP contribution is -1.90. The van der Waals surface area contributed by atoms with Gasteiger partial charge in [-0.15, -0.1) is 0 Å². The predicted octanol–water partition coefficient (Wildman–Crippen LogP) is 4.21. The lowest BCUT2D eigenvalue weighted by atomic mass is 10.1. The summed E-state index contributed by atoms with van der Waals surface area (Å²) in [6.45, 7) is 2.08. The molecule has 20 heavy (non-hydrogen) atoms. The topological polar surface area (TPSA) is 45.9 Å². The van der Waals surface area contributed by atoms with E-state index in [0.717, 1.165) is 11.1 Å². The van der Waals surface area contributed by atoms with Gasteiger partial charge in [0.15, 0.2) is 0 Å². The molecule has 3 nitrogen and oxygen atoms in total. The molecule has 0 unspecified atom stereocenters. The number of pyridine rings is 1. The van der Waals surface area contributed by atoms with Gasteiger partial charge < -0.3 is 4.74 Å². The lowest BCUT2D eigenvalue weighted by Gasteiger charge is -2.09. The van der Waals surface area contributed by atoms with Gasteiger partial charge in [-0.05, 0) is 30.0 Å². The summed E-state index contributed by atoms with van der Waals surface area (Å²) in [6.07, 6.45) is 1.51. The smallest absolute Gasteiger partial charge is 0.219 e. The van der Waals surface area contributed by atoms with E-state index in [1.807, 2.05) is 30.3 Å². The van der Waals surface area contributed by atoms with Crippen molar-refractivity contribution in [3.63, 3.8) is 0 Å². The van der Waals surface area contributed by atoms with E-state index in [2.05, 4.69) is 24.0 Å². The molecule has 0 spiro atoms. The van der Waals surface area contributed by atoms with Crippen molar-refractivity contribution in [2.45, 2.75) is 6.92 Å². The third-order valence-electron chi connectivity index (χ3n) is 3.18. The number of nitriles is 1. The van der Waals surface area contributed by atoms with E-state index in [1.54, 1.807) is 12.1 Å². The van der Waals surface area contributed by atoms with Crippen LogP contribution in [-0.4, -0.2) is 4.98 Å². The van der Waals surface area contributed by atoms with Gasteiger partial charge in [-0.3, -0.25) is 0 Å². The number of rotatable bonds is 2. The molecule has 3 rings (SSSR count). The van der Waals surface area contributed by atoms with Gasteiger partial charge in [-0.1, -0.05) is 30.3 Å². The van der Waals surface area contributed by atoms with Crippen molar-refractivity contribution in [3.05, 3.63) is 65.9 Å². The molecule has 1 aromatic heterocycles. The third-order valence-corrected chi connectivity index (χ3v) is 3.18. The molecule has 0 saturated heterocycles. The molecule has 3 aromatic rings. The SMILES string of the molecule is Cc1cccc2c(Oc3ccc(C#N)cn3)cccc12. The van der Waals surface area contributed by atoms with Crippen molar-refractivity contribution in [2.75, 3.05) is 0 Å². The fourth-order valence-electron chi connectivity index (χ4n) is 2.15. The van der Waals surface area contributed by atoms with Crippen LogP contribution in [0.3, 0.4) is 0 Å². The Labute approximate surface area is 117 Å². The first-order valence-corrected chi connectivity index (χ1v) is 6.30.